The molecule has 1 unspecified atom stereocenters. The van der Waals surface area contributed by atoms with Crippen LogP contribution in [-0.4, -0.2) is 50.0 Å². The molecule has 1 aromatic rings. The summed E-state index contributed by atoms with van der Waals surface area (Å²) >= 11 is 0. The fraction of sp³-hybridized carbons (Fsp3) is 0.611. The van der Waals surface area contributed by atoms with Crippen LogP contribution in [0.25, 0.3) is 0 Å². The van der Waals surface area contributed by atoms with E-state index in [9.17, 15) is 18.3 Å². The number of nitrogens with zero attached hydrogens (tertiary/aromatic N) is 1. The first-order valence-electron chi connectivity index (χ1n) is 9.02. The Balaban J connectivity index is 1.76. The summed E-state index contributed by atoms with van der Waals surface area (Å²) < 4.78 is 26.8. The van der Waals surface area contributed by atoms with Crippen molar-refractivity contribution in [1.29, 1.82) is 0 Å². The van der Waals surface area contributed by atoms with Crippen LogP contribution in [-0.2, 0) is 14.8 Å². The van der Waals surface area contributed by atoms with Crippen LogP contribution in [0.5, 0.6) is 0 Å². The molecule has 138 valence electrons. The van der Waals surface area contributed by atoms with E-state index in [4.69, 9.17) is 0 Å². The lowest BCUT2D eigenvalue weighted by atomic mass is 9.88. The Labute approximate surface area is 149 Å². The van der Waals surface area contributed by atoms with Crippen molar-refractivity contribution in [2.45, 2.75) is 42.9 Å². The number of rotatable bonds is 6. The molecule has 1 atom stereocenters. The summed E-state index contributed by atoms with van der Waals surface area (Å²) in [6.45, 7) is 2.23. The highest BCUT2D eigenvalue weighted by atomic mass is 32.2. The van der Waals surface area contributed by atoms with Crippen molar-refractivity contribution < 1.29 is 18.3 Å². The largest absolute Gasteiger partial charge is 0.481 e. The second kappa shape index (κ2) is 7.85. The molecule has 0 aromatic heterocycles. The van der Waals surface area contributed by atoms with Crippen LogP contribution in [0.4, 0.5) is 0 Å². The van der Waals surface area contributed by atoms with Gasteiger partial charge in [-0.3, -0.25) is 4.79 Å². The third kappa shape index (κ3) is 4.22. The predicted molar refractivity (Wildman–Crippen MR) is 95.0 cm³/mol. The monoisotopic (exact) mass is 366 g/mol. The van der Waals surface area contributed by atoms with Gasteiger partial charge in [-0.25, -0.2) is 8.42 Å². The van der Waals surface area contributed by atoms with Gasteiger partial charge in [0.05, 0.1) is 10.8 Å². The average Bonchev–Trinajstić information content (AvgIpc) is 3.13. The molecule has 0 spiro atoms. The molecule has 3 rings (SSSR count). The van der Waals surface area contributed by atoms with Gasteiger partial charge >= 0.3 is 5.97 Å². The van der Waals surface area contributed by atoms with Crippen LogP contribution in [0, 0.1) is 5.92 Å². The molecule has 2 N–H and O–H groups in total. The normalized spacial score (nSPS) is 21.3. The summed E-state index contributed by atoms with van der Waals surface area (Å²) in [5, 5.41) is 12.7. The number of carboxylic acids is 1. The summed E-state index contributed by atoms with van der Waals surface area (Å²) in [5.41, 5.74) is 0.693. The molecule has 0 radical (unpaired) electrons. The van der Waals surface area contributed by atoms with Crippen molar-refractivity contribution in [3.63, 3.8) is 0 Å². The van der Waals surface area contributed by atoms with Crippen LogP contribution in [0.1, 0.15) is 43.6 Å². The lowest BCUT2D eigenvalue weighted by molar-refractivity contribution is -0.139. The van der Waals surface area contributed by atoms with Gasteiger partial charge in [-0.2, -0.15) is 4.31 Å². The number of carbonyl (C=O) groups is 1. The van der Waals surface area contributed by atoms with E-state index in [1.807, 2.05) is 0 Å². The van der Waals surface area contributed by atoms with E-state index in [0.29, 0.717) is 44.1 Å². The highest BCUT2D eigenvalue weighted by molar-refractivity contribution is 7.89. The van der Waals surface area contributed by atoms with Gasteiger partial charge in [0.15, 0.2) is 0 Å². The van der Waals surface area contributed by atoms with Gasteiger partial charge in [0.2, 0.25) is 10.0 Å². The maximum absolute atomic E-state index is 12.7. The quantitative estimate of drug-likeness (QED) is 0.804. The number of benzene rings is 1. The van der Waals surface area contributed by atoms with Gasteiger partial charge in [0.1, 0.15) is 0 Å². The van der Waals surface area contributed by atoms with Gasteiger partial charge < -0.3 is 10.4 Å². The predicted octanol–water partition coefficient (Wildman–Crippen LogP) is 2.03. The van der Waals surface area contributed by atoms with Crippen molar-refractivity contribution in [3.05, 3.63) is 29.8 Å². The van der Waals surface area contributed by atoms with Crippen LogP contribution < -0.4 is 5.32 Å². The number of nitrogens with one attached hydrogen (secondary N) is 1. The highest BCUT2D eigenvalue weighted by Crippen LogP contribution is 2.34. The molecule has 6 nitrogen and oxygen atoms in total. The molecule has 2 aliphatic rings. The van der Waals surface area contributed by atoms with E-state index in [2.05, 4.69) is 5.32 Å². The molecule has 1 aliphatic heterocycles. The van der Waals surface area contributed by atoms with Crippen LogP contribution >= 0.6 is 0 Å². The number of piperazine rings is 1. The lowest BCUT2D eigenvalue weighted by Crippen LogP contribution is -2.46. The smallest absolute Gasteiger partial charge is 0.310 e. The van der Waals surface area contributed by atoms with E-state index in [1.165, 1.54) is 17.1 Å². The average molecular weight is 366 g/mol. The Hall–Kier alpha value is -1.44. The van der Waals surface area contributed by atoms with Gasteiger partial charge in [0.25, 0.3) is 0 Å². The second-order valence-corrected chi connectivity index (χ2v) is 8.94. The van der Waals surface area contributed by atoms with Gasteiger partial charge in [-0.05, 0) is 30.0 Å². The van der Waals surface area contributed by atoms with Crippen LogP contribution in [0.2, 0.25) is 0 Å². The van der Waals surface area contributed by atoms with Crippen LogP contribution in [0.15, 0.2) is 29.2 Å². The summed E-state index contributed by atoms with van der Waals surface area (Å²) in [7, 11) is -3.50. The van der Waals surface area contributed by atoms with E-state index >= 15 is 0 Å². The molecule has 0 bridgehead atoms. The number of hydrogen-bond acceptors (Lipinski definition) is 4. The zero-order chi connectivity index (χ0) is 17.9. The maximum Gasteiger partial charge on any atom is 0.310 e. The molecule has 25 heavy (non-hydrogen) atoms. The van der Waals surface area contributed by atoms with Crippen molar-refractivity contribution in [2.75, 3.05) is 26.2 Å². The van der Waals surface area contributed by atoms with Gasteiger partial charge in [-0.1, -0.05) is 37.8 Å². The Morgan fingerprint density at radius 1 is 1.16 bits per heavy atom. The van der Waals surface area contributed by atoms with Gasteiger partial charge in [0, 0.05) is 26.2 Å². The van der Waals surface area contributed by atoms with Crippen molar-refractivity contribution >= 4 is 16.0 Å². The summed E-state index contributed by atoms with van der Waals surface area (Å²) in [6.07, 6.45) is 5.19. The molecular weight excluding hydrogens is 340 g/mol. The number of sulfonamides is 1. The zero-order valence-corrected chi connectivity index (χ0v) is 15.2. The summed E-state index contributed by atoms with van der Waals surface area (Å²) in [4.78, 5) is 11.9. The zero-order valence-electron chi connectivity index (χ0n) is 14.4. The fourth-order valence-electron chi connectivity index (χ4n) is 3.86. The molecule has 0 amide bonds. The molecule has 1 saturated heterocycles. The van der Waals surface area contributed by atoms with E-state index in [0.717, 1.165) is 12.8 Å². The molecular formula is C18H26N2O4S. The number of carboxylic acid groups (broad SMARTS) is 1. The number of aliphatic carboxylic acids is 1. The summed E-state index contributed by atoms with van der Waals surface area (Å²) in [6, 6.07) is 6.44. The number of hydrogen-bond donors (Lipinski definition) is 2. The highest BCUT2D eigenvalue weighted by Gasteiger charge is 2.28. The van der Waals surface area contributed by atoms with Crippen LogP contribution in [0.3, 0.4) is 0 Å². The first-order valence-corrected chi connectivity index (χ1v) is 10.5. The van der Waals surface area contributed by atoms with Crippen molar-refractivity contribution in [2.24, 2.45) is 5.92 Å². The minimum absolute atomic E-state index is 0.239. The fourth-order valence-corrected chi connectivity index (χ4v) is 5.31. The second-order valence-electron chi connectivity index (χ2n) is 7.00. The minimum Gasteiger partial charge on any atom is -0.481 e. The SMILES string of the molecule is O=C(O)C(CC1CCCC1)c1ccc(S(=O)(=O)N2CCNCC2)cc1. The molecule has 7 heteroatoms. The molecule has 1 heterocycles. The molecule has 1 aromatic carbocycles. The summed E-state index contributed by atoms with van der Waals surface area (Å²) in [5.74, 6) is -0.922. The van der Waals surface area contributed by atoms with Crippen molar-refractivity contribution in [3.8, 4) is 0 Å². The van der Waals surface area contributed by atoms with E-state index < -0.39 is 21.9 Å². The third-order valence-corrected chi connectivity index (χ3v) is 7.25. The van der Waals surface area contributed by atoms with E-state index in [1.54, 1.807) is 24.3 Å². The topological polar surface area (TPSA) is 86.7 Å². The van der Waals surface area contributed by atoms with Crippen molar-refractivity contribution in [1.82, 2.24) is 9.62 Å². The Kier molecular flexibility index (Phi) is 5.76. The molecule has 1 aliphatic carbocycles. The Bertz CT molecular complexity index is 690. The molecule has 1 saturated carbocycles. The lowest BCUT2D eigenvalue weighted by Gasteiger charge is -2.26. The van der Waals surface area contributed by atoms with E-state index in [-0.39, 0.29) is 4.90 Å². The first-order chi connectivity index (χ1) is 12.0. The first kappa shape index (κ1) is 18.4. The maximum atomic E-state index is 12.7. The minimum atomic E-state index is -3.50. The Morgan fingerprint density at radius 3 is 2.32 bits per heavy atom. The van der Waals surface area contributed by atoms with Gasteiger partial charge in [-0.15, -0.1) is 0 Å². The molecule has 2 fully saturated rings. The standard InChI is InChI=1S/C18H26N2O4S/c21-18(22)17(13-14-3-1-2-4-14)15-5-7-16(8-6-15)25(23,24)20-11-9-19-10-12-20/h5-8,14,17,19H,1-4,9-13H2,(H,21,22). The third-order valence-electron chi connectivity index (χ3n) is 5.34. The Morgan fingerprint density at radius 2 is 1.76 bits per heavy atom.